The lowest BCUT2D eigenvalue weighted by molar-refractivity contribution is -0.161. The number of carbonyl (C=O) groups is 4. The number of esters is 4. The van der Waals surface area contributed by atoms with Gasteiger partial charge in [-0.3, -0.25) is 37.3 Å². The third kappa shape index (κ3) is 69.4. The van der Waals surface area contributed by atoms with Crippen molar-refractivity contribution in [2.45, 2.75) is 290 Å². The number of aliphatic hydroxyl groups excluding tert-OH is 1. The van der Waals surface area contributed by atoms with E-state index in [-0.39, 0.29) is 25.7 Å². The first-order valence-electron chi connectivity index (χ1n) is 37.1. The van der Waals surface area contributed by atoms with Gasteiger partial charge in [0, 0.05) is 25.7 Å². The molecule has 0 aliphatic carbocycles. The molecule has 0 aromatic heterocycles. The van der Waals surface area contributed by atoms with Crippen molar-refractivity contribution in [1.82, 2.24) is 0 Å². The van der Waals surface area contributed by atoms with E-state index in [0.29, 0.717) is 32.1 Å². The molecule has 0 saturated heterocycles. The quantitative estimate of drug-likeness (QED) is 0.0169. The van der Waals surface area contributed by atoms with Gasteiger partial charge >= 0.3 is 39.5 Å². The molecule has 0 radical (unpaired) electrons. The Bertz CT molecular complexity index is 2430. The van der Waals surface area contributed by atoms with Crippen LogP contribution in [0.5, 0.6) is 0 Å². The summed E-state index contributed by atoms with van der Waals surface area (Å²) in [6.07, 6.45) is 78.7. The van der Waals surface area contributed by atoms with Gasteiger partial charge < -0.3 is 33.8 Å². The Hall–Kier alpha value is -5.06. The van der Waals surface area contributed by atoms with Crippen LogP contribution < -0.4 is 0 Å². The van der Waals surface area contributed by atoms with Gasteiger partial charge in [0.1, 0.15) is 19.3 Å². The fourth-order valence-corrected chi connectivity index (χ4v) is 10.7. The maximum Gasteiger partial charge on any atom is 0.472 e. The minimum Gasteiger partial charge on any atom is -0.462 e. The van der Waals surface area contributed by atoms with Crippen molar-refractivity contribution in [3.05, 3.63) is 146 Å². The topological polar surface area (TPSA) is 237 Å². The number of rotatable bonds is 68. The standard InChI is InChI=1S/C79H130O17P2/c1-5-9-13-17-21-25-29-31-33-35-36-38-39-41-45-48-52-56-60-64-77(82)90-70-75(96-79(84)66-62-58-54-50-46-42-40-37-34-32-30-26-22-18-14-10-6-2)72-94-98(87,88)92-68-73(80)67-91-97(85,86)93-71-74(95-78(83)65-61-57-53-49-44-28-24-20-16-12-8-4)69-89-76(81)63-59-55-51-47-43-27-23-19-15-11-7-3/h9-10,13-14,19-26,31-34,36,38,40-42,45,50,54,73-75,80H,5-8,11-12,15-18,27-30,35,37,39,43-44,46-49,51-53,55-72H2,1-4H3,(H,85,86)(H,87,88)/b13-9-,14-10-,23-19-,24-20-,25-21-,26-22-,33-31-,34-32-,38-36-,42-40-,45-41-,54-50-. The monoisotopic (exact) mass is 1410 g/mol. The molecule has 0 heterocycles. The Balaban J connectivity index is 5.43. The summed E-state index contributed by atoms with van der Waals surface area (Å²) in [6.45, 7) is 4.41. The van der Waals surface area contributed by atoms with E-state index in [9.17, 15) is 43.2 Å². The van der Waals surface area contributed by atoms with E-state index >= 15 is 0 Å². The predicted molar refractivity (Wildman–Crippen MR) is 399 cm³/mol. The number of ether oxygens (including phenoxy) is 4. The van der Waals surface area contributed by atoms with Gasteiger partial charge in [0.05, 0.1) is 26.4 Å². The van der Waals surface area contributed by atoms with Crippen LogP contribution in [0, 0.1) is 0 Å². The highest BCUT2D eigenvalue weighted by atomic mass is 31.2. The van der Waals surface area contributed by atoms with Gasteiger partial charge in [-0.25, -0.2) is 9.13 Å². The first-order valence-corrected chi connectivity index (χ1v) is 40.1. The van der Waals surface area contributed by atoms with E-state index in [1.807, 2.05) is 12.2 Å². The highest BCUT2D eigenvalue weighted by molar-refractivity contribution is 7.47. The van der Waals surface area contributed by atoms with E-state index in [1.54, 1.807) is 0 Å². The summed E-state index contributed by atoms with van der Waals surface area (Å²) >= 11 is 0. The molecule has 0 saturated carbocycles. The Morgan fingerprint density at radius 3 is 0.878 bits per heavy atom. The summed E-state index contributed by atoms with van der Waals surface area (Å²) in [5, 5.41) is 10.6. The summed E-state index contributed by atoms with van der Waals surface area (Å²) < 4.78 is 68.2. The maximum absolute atomic E-state index is 13.1. The first-order chi connectivity index (χ1) is 47.7. The van der Waals surface area contributed by atoms with Crippen molar-refractivity contribution in [2.75, 3.05) is 39.6 Å². The minimum absolute atomic E-state index is 0.00399. The number of hydrogen-bond donors (Lipinski definition) is 3. The van der Waals surface area contributed by atoms with E-state index in [1.165, 1.54) is 25.7 Å². The van der Waals surface area contributed by atoms with Crippen LogP contribution in [-0.2, 0) is 65.4 Å². The molecule has 3 N–H and O–H groups in total. The summed E-state index contributed by atoms with van der Waals surface area (Å²) in [4.78, 5) is 72.7. The van der Waals surface area contributed by atoms with Crippen LogP contribution in [0.4, 0.5) is 0 Å². The second-order valence-corrected chi connectivity index (χ2v) is 27.0. The summed E-state index contributed by atoms with van der Waals surface area (Å²) in [5.74, 6) is -2.31. The molecule has 5 atom stereocenters. The number of aliphatic hydroxyl groups is 1. The summed E-state index contributed by atoms with van der Waals surface area (Å²) in [5.41, 5.74) is 0. The van der Waals surface area contributed by atoms with Gasteiger partial charge in [0.25, 0.3) is 0 Å². The molecule has 0 bridgehead atoms. The van der Waals surface area contributed by atoms with E-state index < -0.39 is 97.5 Å². The van der Waals surface area contributed by atoms with Crippen LogP contribution in [0.1, 0.15) is 272 Å². The van der Waals surface area contributed by atoms with Gasteiger partial charge in [0.2, 0.25) is 0 Å². The van der Waals surface area contributed by atoms with Gasteiger partial charge in [-0.1, -0.05) is 244 Å². The number of allylic oxidation sites excluding steroid dienone is 24. The number of carbonyl (C=O) groups excluding carboxylic acids is 4. The van der Waals surface area contributed by atoms with Crippen LogP contribution in [0.3, 0.4) is 0 Å². The lowest BCUT2D eigenvalue weighted by Crippen LogP contribution is -2.30. The van der Waals surface area contributed by atoms with E-state index in [4.69, 9.17) is 37.0 Å². The Kier molecular flexibility index (Phi) is 66.7. The first kappa shape index (κ1) is 92.9. The Morgan fingerprint density at radius 2 is 0.541 bits per heavy atom. The molecule has 558 valence electrons. The highest BCUT2D eigenvalue weighted by Gasteiger charge is 2.30. The van der Waals surface area contributed by atoms with E-state index in [0.717, 1.165) is 161 Å². The van der Waals surface area contributed by atoms with Gasteiger partial charge in [0.15, 0.2) is 12.2 Å². The molecule has 0 aromatic rings. The minimum atomic E-state index is -5.00. The van der Waals surface area contributed by atoms with Crippen molar-refractivity contribution in [3.8, 4) is 0 Å². The molecule has 98 heavy (non-hydrogen) atoms. The average Bonchev–Trinajstić information content (AvgIpc) is 0.979. The normalized spacial score (nSPS) is 14.8. The molecule has 17 nitrogen and oxygen atoms in total. The van der Waals surface area contributed by atoms with Crippen LogP contribution in [-0.4, -0.2) is 96.7 Å². The van der Waals surface area contributed by atoms with Crippen molar-refractivity contribution in [1.29, 1.82) is 0 Å². The van der Waals surface area contributed by atoms with Crippen molar-refractivity contribution in [3.63, 3.8) is 0 Å². The number of phosphoric acid groups is 2. The highest BCUT2D eigenvalue weighted by Crippen LogP contribution is 2.45. The lowest BCUT2D eigenvalue weighted by Gasteiger charge is -2.21. The SMILES string of the molecule is CC/C=C\C/C=C\C/C=C\C/C=C\C/C=C\CCCCCC(=O)OCC(COP(=O)(O)OCC(O)COP(=O)(O)OCC(COC(=O)CCCCCCC/C=C\CCCC)OC(=O)CCCCCCC/C=C\CCCC)OC(=O)CCC/C=C\C/C=C\C/C=C\C/C=C\C/C=C\CC. The smallest absolute Gasteiger partial charge is 0.462 e. The molecule has 0 rings (SSSR count). The van der Waals surface area contributed by atoms with Crippen molar-refractivity contribution < 1.29 is 80.2 Å². The molecule has 0 aliphatic heterocycles. The van der Waals surface area contributed by atoms with Crippen LogP contribution in [0.25, 0.3) is 0 Å². The fraction of sp³-hybridized carbons (Fsp3) is 0.646. The van der Waals surface area contributed by atoms with Crippen LogP contribution in [0.2, 0.25) is 0 Å². The van der Waals surface area contributed by atoms with Crippen LogP contribution in [0.15, 0.2) is 146 Å². The second kappa shape index (κ2) is 70.4. The molecule has 0 aliphatic rings. The van der Waals surface area contributed by atoms with Crippen molar-refractivity contribution >= 4 is 39.5 Å². The van der Waals surface area contributed by atoms with Gasteiger partial charge in [-0.2, -0.15) is 0 Å². The third-order valence-corrected chi connectivity index (χ3v) is 16.7. The zero-order valence-electron chi connectivity index (χ0n) is 60.7. The Morgan fingerprint density at radius 1 is 0.296 bits per heavy atom. The molecule has 0 fully saturated rings. The van der Waals surface area contributed by atoms with Crippen molar-refractivity contribution in [2.24, 2.45) is 0 Å². The van der Waals surface area contributed by atoms with E-state index in [2.05, 4.69) is 161 Å². The molecule has 0 aromatic carbocycles. The number of unbranched alkanes of at least 4 members (excludes halogenated alkanes) is 18. The number of hydrogen-bond acceptors (Lipinski definition) is 15. The number of phosphoric ester groups is 2. The fourth-order valence-electron chi connectivity index (χ4n) is 9.12. The molecule has 5 unspecified atom stereocenters. The predicted octanol–water partition coefficient (Wildman–Crippen LogP) is 21.1. The summed E-state index contributed by atoms with van der Waals surface area (Å²) in [7, 11) is -9.98. The zero-order chi connectivity index (χ0) is 71.8. The second-order valence-electron chi connectivity index (χ2n) is 24.1. The third-order valence-electron chi connectivity index (χ3n) is 14.8. The molecular formula is C79H130O17P2. The van der Waals surface area contributed by atoms with Gasteiger partial charge in [-0.05, 0) is 148 Å². The average molecular weight is 1410 g/mol. The Labute approximate surface area is 592 Å². The lowest BCUT2D eigenvalue weighted by atomic mass is 10.1. The molecular weight excluding hydrogens is 1280 g/mol. The van der Waals surface area contributed by atoms with Gasteiger partial charge in [-0.15, -0.1) is 0 Å². The molecule has 0 spiro atoms. The largest absolute Gasteiger partial charge is 0.472 e. The summed E-state index contributed by atoms with van der Waals surface area (Å²) in [6, 6.07) is 0. The zero-order valence-corrected chi connectivity index (χ0v) is 62.4. The maximum atomic E-state index is 13.1. The molecule has 19 heteroatoms. The van der Waals surface area contributed by atoms with Crippen LogP contribution >= 0.6 is 15.6 Å². The molecule has 0 amide bonds.